The van der Waals surface area contributed by atoms with Gasteiger partial charge < -0.3 is 10.6 Å². The van der Waals surface area contributed by atoms with Crippen LogP contribution in [0.5, 0.6) is 0 Å². The molecule has 0 fully saturated rings. The lowest BCUT2D eigenvalue weighted by atomic mass is 10.0. The highest BCUT2D eigenvalue weighted by molar-refractivity contribution is 6.35. The summed E-state index contributed by atoms with van der Waals surface area (Å²) in [5.41, 5.74) is 0. The first kappa shape index (κ1) is 17.1. The summed E-state index contributed by atoms with van der Waals surface area (Å²) in [6.07, 6.45) is 4.29. The minimum absolute atomic E-state index is 0.0860. The number of hydrogen-bond donors (Lipinski definition) is 2. The van der Waals surface area contributed by atoms with E-state index in [1.165, 1.54) is 6.20 Å². The van der Waals surface area contributed by atoms with E-state index in [0.717, 1.165) is 12.8 Å². The largest absolute Gasteiger partial charge is 0.367 e. The fraction of sp³-hybridized carbons (Fsp3) is 0.571. The maximum Gasteiger partial charge on any atom is 0.220 e. The van der Waals surface area contributed by atoms with Crippen molar-refractivity contribution in [3.8, 4) is 0 Å². The van der Waals surface area contributed by atoms with Gasteiger partial charge >= 0.3 is 0 Å². The van der Waals surface area contributed by atoms with Crippen LogP contribution in [-0.2, 0) is 4.79 Å². The third-order valence-electron chi connectivity index (χ3n) is 2.86. The van der Waals surface area contributed by atoms with Gasteiger partial charge in [0.1, 0.15) is 5.82 Å². The van der Waals surface area contributed by atoms with Crippen LogP contribution in [0.3, 0.4) is 0 Å². The van der Waals surface area contributed by atoms with Gasteiger partial charge in [0, 0.05) is 25.7 Å². The predicted molar refractivity (Wildman–Crippen MR) is 84.4 cm³/mol. The van der Waals surface area contributed by atoms with Crippen molar-refractivity contribution < 1.29 is 4.79 Å². The lowest BCUT2D eigenvalue weighted by Gasteiger charge is -2.11. The quantitative estimate of drug-likeness (QED) is 0.718. The van der Waals surface area contributed by atoms with E-state index in [1.54, 1.807) is 6.07 Å². The number of aromatic nitrogens is 1. The average Bonchev–Trinajstić information content (AvgIpc) is 2.36. The number of anilines is 1. The molecule has 1 unspecified atom stereocenters. The summed E-state index contributed by atoms with van der Waals surface area (Å²) in [6.45, 7) is 5.33. The first-order valence-electron chi connectivity index (χ1n) is 6.84. The fourth-order valence-electron chi connectivity index (χ4n) is 1.91. The van der Waals surface area contributed by atoms with Gasteiger partial charge in [-0.05, 0) is 12.0 Å². The maximum absolute atomic E-state index is 11.7. The Morgan fingerprint density at radius 2 is 2.15 bits per heavy atom. The zero-order valence-corrected chi connectivity index (χ0v) is 13.4. The highest BCUT2D eigenvalue weighted by atomic mass is 35.5. The van der Waals surface area contributed by atoms with Crippen molar-refractivity contribution in [2.75, 3.05) is 18.4 Å². The van der Waals surface area contributed by atoms with Crippen LogP contribution in [0.25, 0.3) is 0 Å². The first-order chi connectivity index (χ1) is 9.52. The third kappa shape index (κ3) is 6.44. The van der Waals surface area contributed by atoms with E-state index < -0.39 is 0 Å². The molecule has 6 heteroatoms. The maximum atomic E-state index is 11.7. The van der Waals surface area contributed by atoms with E-state index >= 15 is 0 Å². The Hall–Kier alpha value is -1.000. The molecule has 0 saturated carbocycles. The van der Waals surface area contributed by atoms with Crippen molar-refractivity contribution in [3.63, 3.8) is 0 Å². The van der Waals surface area contributed by atoms with E-state index in [2.05, 4.69) is 29.5 Å². The molecule has 1 aromatic heterocycles. The number of carbonyl (C=O) groups excluding carboxylic acids is 1. The summed E-state index contributed by atoms with van der Waals surface area (Å²) in [7, 11) is 0. The number of rotatable bonds is 8. The Kier molecular flexibility index (Phi) is 7.70. The summed E-state index contributed by atoms with van der Waals surface area (Å²) in [4.78, 5) is 15.7. The minimum atomic E-state index is 0.0860. The second-order valence-electron chi connectivity index (χ2n) is 4.86. The van der Waals surface area contributed by atoms with Crippen LogP contribution in [-0.4, -0.2) is 24.0 Å². The van der Waals surface area contributed by atoms with Gasteiger partial charge in [0.05, 0.1) is 10.0 Å². The standard InChI is InChI=1S/C14H21Cl2N3O/c1-3-4-10(2)7-13(20)17-5-6-18-14-12(16)8-11(15)9-19-14/h8-10H,3-7H2,1-2H3,(H,17,20)(H,18,19). The molecule has 0 bridgehead atoms. The van der Waals surface area contributed by atoms with E-state index in [4.69, 9.17) is 23.2 Å². The molecule has 0 aliphatic heterocycles. The van der Waals surface area contributed by atoms with Crippen LogP contribution in [0.2, 0.25) is 10.0 Å². The summed E-state index contributed by atoms with van der Waals surface area (Å²) in [6, 6.07) is 1.63. The molecule has 1 heterocycles. The van der Waals surface area contributed by atoms with E-state index in [9.17, 15) is 4.79 Å². The molecule has 112 valence electrons. The number of nitrogens with zero attached hydrogens (tertiary/aromatic N) is 1. The molecule has 20 heavy (non-hydrogen) atoms. The second-order valence-corrected chi connectivity index (χ2v) is 5.70. The number of carbonyl (C=O) groups is 1. The highest BCUT2D eigenvalue weighted by Gasteiger charge is 2.07. The number of halogens is 2. The van der Waals surface area contributed by atoms with E-state index in [0.29, 0.717) is 41.3 Å². The number of nitrogens with one attached hydrogen (secondary N) is 2. The summed E-state index contributed by atoms with van der Waals surface area (Å²) < 4.78 is 0. The molecular weight excluding hydrogens is 297 g/mol. The Labute approximate surface area is 130 Å². The van der Waals surface area contributed by atoms with Crippen molar-refractivity contribution in [3.05, 3.63) is 22.3 Å². The molecule has 0 spiro atoms. The van der Waals surface area contributed by atoms with Crippen molar-refractivity contribution in [2.45, 2.75) is 33.1 Å². The van der Waals surface area contributed by atoms with Crippen molar-refractivity contribution in [2.24, 2.45) is 5.92 Å². The first-order valence-corrected chi connectivity index (χ1v) is 7.60. The van der Waals surface area contributed by atoms with E-state index in [1.807, 2.05) is 0 Å². The van der Waals surface area contributed by atoms with Gasteiger partial charge in [-0.3, -0.25) is 4.79 Å². The minimum Gasteiger partial charge on any atom is -0.367 e. The smallest absolute Gasteiger partial charge is 0.220 e. The van der Waals surface area contributed by atoms with Gasteiger partial charge in [0.15, 0.2) is 0 Å². The highest BCUT2D eigenvalue weighted by Crippen LogP contribution is 2.21. The molecule has 0 radical (unpaired) electrons. The topological polar surface area (TPSA) is 54.0 Å². The molecule has 1 atom stereocenters. The van der Waals surface area contributed by atoms with Crippen LogP contribution < -0.4 is 10.6 Å². The zero-order chi connectivity index (χ0) is 15.0. The Morgan fingerprint density at radius 3 is 2.80 bits per heavy atom. The molecule has 0 aliphatic carbocycles. The summed E-state index contributed by atoms with van der Waals surface area (Å²) in [5.74, 6) is 1.09. The number of pyridine rings is 1. The predicted octanol–water partition coefficient (Wildman–Crippen LogP) is 3.74. The summed E-state index contributed by atoms with van der Waals surface area (Å²) in [5, 5.41) is 6.90. The normalized spacial score (nSPS) is 12.0. The molecule has 4 nitrogen and oxygen atoms in total. The van der Waals surface area contributed by atoms with Gasteiger partial charge in [0.2, 0.25) is 5.91 Å². The van der Waals surface area contributed by atoms with Gasteiger partial charge in [-0.25, -0.2) is 4.98 Å². The van der Waals surface area contributed by atoms with Gasteiger partial charge in [-0.1, -0.05) is 49.9 Å². The molecule has 1 amide bonds. The fourth-order valence-corrected chi connectivity index (χ4v) is 2.36. The molecule has 1 rings (SSSR count). The molecule has 0 aliphatic rings. The lowest BCUT2D eigenvalue weighted by Crippen LogP contribution is -2.30. The van der Waals surface area contributed by atoms with Crippen molar-refractivity contribution >= 4 is 34.9 Å². The van der Waals surface area contributed by atoms with Crippen LogP contribution in [0, 0.1) is 5.92 Å². The molecule has 1 aromatic rings. The Bertz CT molecular complexity index is 440. The molecule has 0 saturated heterocycles. The van der Waals surface area contributed by atoms with Crippen molar-refractivity contribution in [1.82, 2.24) is 10.3 Å². The Morgan fingerprint density at radius 1 is 1.40 bits per heavy atom. The SMILES string of the molecule is CCCC(C)CC(=O)NCCNc1ncc(Cl)cc1Cl. The van der Waals surface area contributed by atoms with Crippen molar-refractivity contribution in [1.29, 1.82) is 0 Å². The molecule has 0 aromatic carbocycles. The van der Waals surface area contributed by atoms with Crippen LogP contribution >= 0.6 is 23.2 Å². The van der Waals surface area contributed by atoms with E-state index in [-0.39, 0.29) is 5.91 Å². The van der Waals surface area contributed by atoms with Gasteiger partial charge in [-0.2, -0.15) is 0 Å². The second kappa shape index (κ2) is 9.03. The van der Waals surface area contributed by atoms with Crippen LogP contribution in [0.4, 0.5) is 5.82 Å². The number of hydrogen-bond acceptors (Lipinski definition) is 3. The summed E-state index contributed by atoms with van der Waals surface area (Å²) >= 11 is 11.7. The van der Waals surface area contributed by atoms with Crippen LogP contribution in [0.15, 0.2) is 12.3 Å². The molecule has 2 N–H and O–H groups in total. The Balaban J connectivity index is 2.23. The monoisotopic (exact) mass is 317 g/mol. The number of amides is 1. The van der Waals surface area contributed by atoms with Crippen LogP contribution in [0.1, 0.15) is 33.1 Å². The van der Waals surface area contributed by atoms with Gasteiger partial charge in [-0.15, -0.1) is 0 Å². The lowest BCUT2D eigenvalue weighted by molar-refractivity contribution is -0.121. The third-order valence-corrected chi connectivity index (χ3v) is 3.36. The zero-order valence-electron chi connectivity index (χ0n) is 11.9. The van der Waals surface area contributed by atoms with Gasteiger partial charge in [0.25, 0.3) is 0 Å². The molecular formula is C14H21Cl2N3O. The average molecular weight is 318 g/mol.